The van der Waals surface area contributed by atoms with E-state index >= 15 is 0 Å². The van der Waals surface area contributed by atoms with E-state index in [0.29, 0.717) is 5.75 Å². The van der Waals surface area contributed by atoms with Crippen LogP contribution in [0.2, 0.25) is 0 Å². The van der Waals surface area contributed by atoms with Gasteiger partial charge in [-0.2, -0.15) is 11.8 Å². The molecular formula is C14H18BrNO2S. The van der Waals surface area contributed by atoms with E-state index in [1.165, 1.54) is 0 Å². The molecular weight excluding hydrogens is 326 g/mol. The van der Waals surface area contributed by atoms with Gasteiger partial charge in [-0.15, -0.1) is 0 Å². The molecule has 0 N–H and O–H groups in total. The van der Waals surface area contributed by atoms with Gasteiger partial charge in [-0.3, -0.25) is 4.79 Å². The largest absolute Gasteiger partial charge is 0.496 e. The molecule has 0 aliphatic carbocycles. The highest BCUT2D eigenvalue weighted by Crippen LogP contribution is 2.38. The Balaban J connectivity index is 2.29. The Kier molecular flexibility index (Phi) is 5.16. The minimum absolute atomic E-state index is 0.145. The number of nitrogens with zero attached hydrogens (tertiary/aromatic N) is 1. The zero-order valence-corrected chi connectivity index (χ0v) is 13.6. The lowest BCUT2D eigenvalue weighted by Gasteiger charge is -2.26. The summed E-state index contributed by atoms with van der Waals surface area (Å²) in [6, 6.07) is 6.13. The summed E-state index contributed by atoms with van der Waals surface area (Å²) >= 11 is 5.07. The van der Waals surface area contributed by atoms with Crippen LogP contribution in [0.5, 0.6) is 5.75 Å². The van der Waals surface area contributed by atoms with Crippen molar-refractivity contribution in [2.75, 3.05) is 25.7 Å². The van der Waals surface area contributed by atoms with Crippen molar-refractivity contribution in [2.24, 2.45) is 0 Å². The minimum Gasteiger partial charge on any atom is -0.496 e. The molecule has 1 heterocycles. The third kappa shape index (κ3) is 3.26. The molecule has 1 unspecified atom stereocenters. The molecule has 1 fully saturated rings. The molecule has 1 amide bonds. The first kappa shape index (κ1) is 14.7. The summed E-state index contributed by atoms with van der Waals surface area (Å²) in [6.45, 7) is 0.847. The molecule has 0 aromatic heterocycles. The van der Waals surface area contributed by atoms with E-state index in [-0.39, 0.29) is 11.9 Å². The second-order valence-electron chi connectivity index (χ2n) is 4.56. The van der Waals surface area contributed by atoms with Crippen molar-refractivity contribution < 1.29 is 9.53 Å². The third-order valence-corrected chi connectivity index (χ3v) is 4.42. The average molecular weight is 344 g/mol. The molecule has 104 valence electrons. The lowest BCUT2D eigenvalue weighted by Crippen LogP contribution is -2.32. The van der Waals surface area contributed by atoms with Crippen molar-refractivity contribution in [1.29, 1.82) is 0 Å². The summed E-state index contributed by atoms with van der Waals surface area (Å²) in [5, 5.41) is 0. The van der Waals surface area contributed by atoms with E-state index in [9.17, 15) is 4.79 Å². The molecule has 1 aliphatic rings. The summed E-state index contributed by atoms with van der Waals surface area (Å²) in [6.07, 6.45) is 4.02. The number of halogens is 1. The average Bonchev–Trinajstić information content (AvgIpc) is 2.88. The number of carbonyl (C=O) groups excluding carboxylic acids is 1. The first-order valence-corrected chi connectivity index (χ1v) is 8.48. The lowest BCUT2D eigenvalue weighted by molar-refractivity contribution is -0.129. The zero-order chi connectivity index (χ0) is 13.8. The molecule has 1 atom stereocenters. The lowest BCUT2D eigenvalue weighted by atomic mass is 10.0. The van der Waals surface area contributed by atoms with Crippen molar-refractivity contribution >= 4 is 33.6 Å². The van der Waals surface area contributed by atoms with Gasteiger partial charge >= 0.3 is 0 Å². The van der Waals surface area contributed by atoms with Gasteiger partial charge in [0.1, 0.15) is 5.75 Å². The Morgan fingerprint density at radius 2 is 2.37 bits per heavy atom. The predicted octanol–water partition coefficient (Wildman–Crippen LogP) is 3.48. The SMILES string of the molecule is COc1ccc(Br)cc1C1CCCN1C(=O)CSC. The highest BCUT2D eigenvalue weighted by atomic mass is 79.9. The van der Waals surface area contributed by atoms with Gasteiger partial charge in [0.25, 0.3) is 0 Å². The number of hydrogen-bond acceptors (Lipinski definition) is 3. The first-order valence-electron chi connectivity index (χ1n) is 6.29. The molecule has 19 heavy (non-hydrogen) atoms. The van der Waals surface area contributed by atoms with E-state index in [1.54, 1.807) is 18.9 Å². The van der Waals surface area contributed by atoms with E-state index in [4.69, 9.17) is 4.74 Å². The molecule has 0 radical (unpaired) electrons. The van der Waals surface area contributed by atoms with Crippen LogP contribution in [0.25, 0.3) is 0 Å². The summed E-state index contributed by atoms with van der Waals surface area (Å²) in [7, 11) is 1.68. The Labute approximate surface area is 126 Å². The number of carbonyl (C=O) groups is 1. The van der Waals surface area contributed by atoms with Crippen molar-refractivity contribution in [1.82, 2.24) is 4.90 Å². The Morgan fingerprint density at radius 3 is 3.05 bits per heavy atom. The molecule has 0 bridgehead atoms. The van der Waals surface area contributed by atoms with Gasteiger partial charge in [0, 0.05) is 16.6 Å². The smallest absolute Gasteiger partial charge is 0.233 e. The fraction of sp³-hybridized carbons (Fsp3) is 0.500. The van der Waals surface area contributed by atoms with Gasteiger partial charge in [0.2, 0.25) is 5.91 Å². The summed E-state index contributed by atoms with van der Waals surface area (Å²) in [5.41, 5.74) is 1.10. The molecule has 1 saturated heterocycles. The fourth-order valence-electron chi connectivity index (χ4n) is 2.56. The Bertz CT molecular complexity index is 467. The van der Waals surface area contributed by atoms with Crippen LogP contribution in [-0.2, 0) is 4.79 Å². The summed E-state index contributed by atoms with van der Waals surface area (Å²) < 4.78 is 6.46. The fourth-order valence-corrected chi connectivity index (χ4v) is 3.35. The number of likely N-dealkylation sites (tertiary alicyclic amines) is 1. The van der Waals surface area contributed by atoms with Crippen molar-refractivity contribution in [3.8, 4) is 5.75 Å². The van der Waals surface area contributed by atoms with E-state index < -0.39 is 0 Å². The summed E-state index contributed by atoms with van der Waals surface area (Å²) in [4.78, 5) is 14.2. The van der Waals surface area contributed by atoms with Crippen LogP contribution in [0.15, 0.2) is 22.7 Å². The Morgan fingerprint density at radius 1 is 1.58 bits per heavy atom. The van der Waals surface area contributed by atoms with Crippen LogP contribution in [0.4, 0.5) is 0 Å². The van der Waals surface area contributed by atoms with Crippen molar-refractivity contribution in [3.05, 3.63) is 28.2 Å². The van der Waals surface area contributed by atoms with E-state index in [1.807, 2.05) is 23.3 Å². The van der Waals surface area contributed by atoms with Crippen LogP contribution in [0, 0.1) is 0 Å². The number of amides is 1. The number of thioether (sulfide) groups is 1. The molecule has 0 saturated carbocycles. The molecule has 1 aliphatic heterocycles. The van der Waals surface area contributed by atoms with Gasteiger partial charge < -0.3 is 9.64 Å². The van der Waals surface area contributed by atoms with Gasteiger partial charge in [0.15, 0.2) is 0 Å². The van der Waals surface area contributed by atoms with Gasteiger partial charge in [0.05, 0.1) is 18.9 Å². The topological polar surface area (TPSA) is 29.5 Å². The highest BCUT2D eigenvalue weighted by Gasteiger charge is 2.31. The molecule has 1 aromatic rings. The molecule has 0 spiro atoms. The van der Waals surface area contributed by atoms with Gasteiger partial charge in [-0.05, 0) is 37.3 Å². The molecule has 2 rings (SSSR count). The third-order valence-electron chi connectivity index (χ3n) is 3.39. The quantitative estimate of drug-likeness (QED) is 0.838. The molecule has 1 aromatic carbocycles. The maximum absolute atomic E-state index is 12.2. The number of benzene rings is 1. The molecule has 3 nitrogen and oxygen atoms in total. The second kappa shape index (κ2) is 6.66. The van der Waals surface area contributed by atoms with Crippen molar-refractivity contribution in [3.63, 3.8) is 0 Å². The van der Waals surface area contributed by atoms with Crippen molar-refractivity contribution in [2.45, 2.75) is 18.9 Å². The van der Waals surface area contributed by atoms with Crippen LogP contribution in [0.1, 0.15) is 24.4 Å². The number of ether oxygens (including phenoxy) is 1. The van der Waals surface area contributed by atoms with Crippen LogP contribution >= 0.6 is 27.7 Å². The molecule has 5 heteroatoms. The first-order chi connectivity index (χ1) is 9.17. The second-order valence-corrected chi connectivity index (χ2v) is 6.35. The number of hydrogen-bond donors (Lipinski definition) is 0. The maximum Gasteiger partial charge on any atom is 0.233 e. The number of rotatable bonds is 4. The monoisotopic (exact) mass is 343 g/mol. The maximum atomic E-state index is 12.2. The van der Waals surface area contributed by atoms with Crippen LogP contribution in [0.3, 0.4) is 0 Å². The predicted molar refractivity (Wildman–Crippen MR) is 82.8 cm³/mol. The number of methoxy groups -OCH3 is 1. The van der Waals surface area contributed by atoms with Gasteiger partial charge in [-0.1, -0.05) is 15.9 Å². The summed E-state index contributed by atoms with van der Waals surface area (Å²) in [5.74, 6) is 1.63. The van der Waals surface area contributed by atoms with Crippen LogP contribution in [-0.4, -0.2) is 36.5 Å². The van der Waals surface area contributed by atoms with E-state index in [0.717, 1.165) is 35.2 Å². The van der Waals surface area contributed by atoms with E-state index in [2.05, 4.69) is 22.0 Å². The van der Waals surface area contributed by atoms with Gasteiger partial charge in [-0.25, -0.2) is 0 Å². The van der Waals surface area contributed by atoms with Crippen LogP contribution < -0.4 is 4.74 Å². The minimum atomic E-state index is 0.145. The Hall–Kier alpha value is -0.680. The zero-order valence-electron chi connectivity index (χ0n) is 11.2. The normalized spacial score (nSPS) is 18.7. The standard InChI is InChI=1S/C14H18BrNO2S/c1-18-13-6-5-10(15)8-11(13)12-4-3-7-16(12)14(17)9-19-2/h5-6,8,12H,3-4,7,9H2,1-2H3. The highest BCUT2D eigenvalue weighted by molar-refractivity contribution is 9.10.